The van der Waals surface area contributed by atoms with Gasteiger partial charge < -0.3 is 9.80 Å². The molecular formula is C14H19ClN2O. The van der Waals surface area contributed by atoms with Crippen LogP contribution in [0.5, 0.6) is 0 Å². The molecule has 0 radical (unpaired) electrons. The molecule has 1 aliphatic heterocycles. The molecule has 1 unspecified atom stereocenters. The minimum atomic E-state index is 0.516. The normalized spacial score (nSPS) is 20.7. The monoisotopic (exact) mass is 266 g/mol. The number of carbonyl (C=O) groups is 1. The summed E-state index contributed by atoms with van der Waals surface area (Å²) in [4.78, 5) is 15.4. The van der Waals surface area contributed by atoms with Gasteiger partial charge in [0.05, 0.1) is 5.02 Å². The van der Waals surface area contributed by atoms with Crippen molar-refractivity contribution in [3.8, 4) is 0 Å². The molecular weight excluding hydrogens is 248 g/mol. The summed E-state index contributed by atoms with van der Waals surface area (Å²) in [6.45, 7) is 2.25. The van der Waals surface area contributed by atoms with Crippen LogP contribution in [0.15, 0.2) is 18.2 Å². The first-order valence-electron chi connectivity index (χ1n) is 6.28. The lowest BCUT2D eigenvalue weighted by atomic mass is 10.0. The maximum atomic E-state index is 10.7. The summed E-state index contributed by atoms with van der Waals surface area (Å²) >= 11 is 6.07. The van der Waals surface area contributed by atoms with E-state index in [0.717, 1.165) is 18.5 Å². The Morgan fingerprint density at radius 3 is 2.89 bits per heavy atom. The van der Waals surface area contributed by atoms with Gasteiger partial charge in [0.15, 0.2) is 6.29 Å². The number of hydrogen-bond acceptors (Lipinski definition) is 3. The Kier molecular flexibility index (Phi) is 4.25. The van der Waals surface area contributed by atoms with E-state index in [1.165, 1.54) is 19.4 Å². The van der Waals surface area contributed by atoms with Gasteiger partial charge in [0.25, 0.3) is 0 Å². The lowest BCUT2D eigenvalue weighted by molar-refractivity contribution is 0.112. The van der Waals surface area contributed by atoms with Crippen LogP contribution in [0.25, 0.3) is 0 Å². The minimum absolute atomic E-state index is 0.516. The molecule has 1 heterocycles. The molecule has 98 valence electrons. The number of anilines is 1. The van der Waals surface area contributed by atoms with Crippen LogP contribution in [0.3, 0.4) is 0 Å². The second kappa shape index (κ2) is 5.72. The predicted molar refractivity (Wildman–Crippen MR) is 75.8 cm³/mol. The first kappa shape index (κ1) is 13.4. The topological polar surface area (TPSA) is 23.6 Å². The van der Waals surface area contributed by atoms with Gasteiger partial charge in [0.1, 0.15) is 0 Å². The summed E-state index contributed by atoms with van der Waals surface area (Å²) in [6, 6.07) is 6.14. The van der Waals surface area contributed by atoms with Crippen molar-refractivity contribution < 1.29 is 4.79 Å². The van der Waals surface area contributed by atoms with Crippen LogP contribution >= 0.6 is 11.6 Å². The fourth-order valence-corrected chi connectivity index (χ4v) is 2.72. The van der Waals surface area contributed by atoms with Crippen LogP contribution in [0.2, 0.25) is 5.02 Å². The molecule has 2 rings (SSSR count). The van der Waals surface area contributed by atoms with Gasteiger partial charge in [-0.3, -0.25) is 4.79 Å². The number of carbonyl (C=O) groups excluding carboxylic acids is 1. The van der Waals surface area contributed by atoms with Gasteiger partial charge in [0.2, 0.25) is 0 Å². The number of likely N-dealkylation sites (N-methyl/N-ethyl adjacent to an activating group) is 2. The highest BCUT2D eigenvalue weighted by molar-refractivity contribution is 6.33. The van der Waals surface area contributed by atoms with E-state index in [2.05, 4.69) is 23.9 Å². The van der Waals surface area contributed by atoms with E-state index in [-0.39, 0.29) is 0 Å². The summed E-state index contributed by atoms with van der Waals surface area (Å²) in [5.74, 6) is 0. The molecule has 1 saturated heterocycles. The third-order valence-corrected chi connectivity index (χ3v) is 3.99. The number of likely N-dealkylation sites (tertiary alicyclic amines) is 1. The first-order valence-corrected chi connectivity index (χ1v) is 6.65. The van der Waals surface area contributed by atoms with Gasteiger partial charge in [-0.05, 0) is 44.6 Å². The molecule has 0 aromatic heterocycles. The van der Waals surface area contributed by atoms with Gasteiger partial charge >= 0.3 is 0 Å². The van der Waals surface area contributed by atoms with E-state index in [4.69, 9.17) is 11.6 Å². The summed E-state index contributed by atoms with van der Waals surface area (Å²) < 4.78 is 0. The van der Waals surface area contributed by atoms with E-state index in [1.54, 1.807) is 6.07 Å². The zero-order valence-corrected chi connectivity index (χ0v) is 11.7. The average molecular weight is 267 g/mol. The van der Waals surface area contributed by atoms with E-state index in [0.29, 0.717) is 16.6 Å². The second-order valence-electron chi connectivity index (χ2n) is 4.99. The Hall–Kier alpha value is -1.06. The molecule has 1 aliphatic rings. The number of aldehydes is 1. The minimum Gasteiger partial charge on any atom is -0.370 e. The fraction of sp³-hybridized carbons (Fsp3) is 0.500. The summed E-state index contributed by atoms with van der Waals surface area (Å²) in [7, 11) is 4.25. The standard InChI is InChI=1S/C14H19ClN2O/c1-16-7-3-4-13(9-16)17(2)12-6-5-11(10-18)14(15)8-12/h5-6,8,10,13H,3-4,7,9H2,1-2H3. The van der Waals surface area contributed by atoms with Crippen LogP contribution in [-0.2, 0) is 0 Å². The Bertz CT molecular complexity index is 436. The molecule has 0 N–H and O–H groups in total. The van der Waals surface area contributed by atoms with Gasteiger partial charge in [-0.15, -0.1) is 0 Å². The molecule has 0 amide bonds. The number of nitrogens with zero attached hydrogens (tertiary/aromatic N) is 2. The van der Waals surface area contributed by atoms with Crippen LogP contribution in [0, 0.1) is 0 Å². The van der Waals surface area contributed by atoms with Crippen molar-refractivity contribution in [3.05, 3.63) is 28.8 Å². The smallest absolute Gasteiger partial charge is 0.151 e. The zero-order chi connectivity index (χ0) is 13.1. The lowest BCUT2D eigenvalue weighted by Crippen LogP contribution is -2.45. The van der Waals surface area contributed by atoms with Crippen molar-refractivity contribution in [2.24, 2.45) is 0 Å². The number of halogens is 1. The molecule has 1 aromatic carbocycles. The van der Waals surface area contributed by atoms with Crippen LogP contribution in [0.1, 0.15) is 23.2 Å². The van der Waals surface area contributed by atoms with Crippen molar-refractivity contribution in [2.45, 2.75) is 18.9 Å². The summed E-state index contributed by atoms with van der Waals surface area (Å²) in [6.07, 6.45) is 3.22. The van der Waals surface area contributed by atoms with E-state index < -0.39 is 0 Å². The molecule has 3 nitrogen and oxygen atoms in total. The molecule has 1 aromatic rings. The SMILES string of the molecule is CN1CCCC(N(C)c2ccc(C=O)c(Cl)c2)C1. The van der Waals surface area contributed by atoms with Crippen molar-refractivity contribution >= 4 is 23.6 Å². The number of piperidine rings is 1. The molecule has 0 saturated carbocycles. The van der Waals surface area contributed by atoms with Gasteiger partial charge in [-0.2, -0.15) is 0 Å². The summed E-state index contributed by atoms with van der Waals surface area (Å²) in [5.41, 5.74) is 1.63. The Labute approximate surface area is 113 Å². The van der Waals surface area contributed by atoms with Gasteiger partial charge in [0, 0.05) is 30.9 Å². The van der Waals surface area contributed by atoms with Crippen molar-refractivity contribution in [1.82, 2.24) is 4.90 Å². The number of hydrogen-bond donors (Lipinski definition) is 0. The molecule has 0 bridgehead atoms. The Morgan fingerprint density at radius 1 is 1.50 bits per heavy atom. The van der Waals surface area contributed by atoms with E-state index in [1.807, 2.05) is 12.1 Å². The molecule has 1 fully saturated rings. The highest BCUT2D eigenvalue weighted by Gasteiger charge is 2.21. The average Bonchev–Trinajstić information content (AvgIpc) is 2.37. The quantitative estimate of drug-likeness (QED) is 0.786. The van der Waals surface area contributed by atoms with Crippen LogP contribution < -0.4 is 4.90 Å². The fourth-order valence-electron chi connectivity index (χ4n) is 2.50. The maximum Gasteiger partial charge on any atom is 0.151 e. The van der Waals surface area contributed by atoms with E-state index >= 15 is 0 Å². The molecule has 0 spiro atoms. The Morgan fingerprint density at radius 2 is 2.28 bits per heavy atom. The zero-order valence-electron chi connectivity index (χ0n) is 10.9. The molecule has 4 heteroatoms. The molecule has 1 atom stereocenters. The summed E-state index contributed by atoms with van der Waals surface area (Å²) in [5, 5.41) is 0.526. The third kappa shape index (κ3) is 2.85. The van der Waals surface area contributed by atoms with Crippen molar-refractivity contribution in [3.63, 3.8) is 0 Å². The maximum absolute atomic E-state index is 10.7. The van der Waals surface area contributed by atoms with Crippen molar-refractivity contribution in [2.75, 3.05) is 32.1 Å². The highest BCUT2D eigenvalue weighted by atomic mass is 35.5. The lowest BCUT2D eigenvalue weighted by Gasteiger charge is -2.37. The van der Waals surface area contributed by atoms with Crippen LogP contribution in [-0.4, -0.2) is 44.4 Å². The predicted octanol–water partition coefficient (Wildman–Crippen LogP) is 2.68. The number of benzene rings is 1. The Balaban J connectivity index is 2.15. The highest BCUT2D eigenvalue weighted by Crippen LogP contribution is 2.25. The van der Waals surface area contributed by atoms with Gasteiger partial charge in [-0.25, -0.2) is 0 Å². The van der Waals surface area contributed by atoms with Crippen molar-refractivity contribution in [1.29, 1.82) is 0 Å². The molecule has 0 aliphatic carbocycles. The number of rotatable bonds is 3. The second-order valence-corrected chi connectivity index (χ2v) is 5.40. The molecule has 18 heavy (non-hydrogen) atoms. The largest absolute Gasteiger partial charge is 0.370 e. The van der Waals surface area contributed by atoms with E-state index in [9.17, 15) is 4.79 Å². The first-order chi connectivity index (χ1) is 8.61. The van der Waals surface area contributed by atoms with Crippen LogP contribution in [0.4, 0.5) is 5.69 Å². The van der Waals surface area contributed by atoms with Gasteiger partial charge in [-0.1, -0.05) is 11.6 Å². The third-order valence-electron chi connectivity index (χ3n) is 3.67.